The van der Waals surface area contributed by atoms with Gasteiger partial charge in [-0.25, -0.2) is 14.6 Å². The van der Waals surface area contributed by atoms with Crippen LogP contribution in [0.15, 0.2) is 164 Å². The van der Waals surface area contributed by atoms with Crippen LogP contribution >= 0.6 is 0 Å². The van der Waals surface area contributed by atoms with Gasteiger partial charge in [0.15, 0.2) is 5.82 Å². The summed E-state index contributed by atoms with van der Waals surface area (Å²) in [6.45, 7) is 3.76. The van der Waals surface area contributed by atoms with Crippen LogP contribution in [0.5, 0.6) is 5.75 Å². The van der Waals surface area contributed by atoms with E-state index in [9.17, 15) is 0 Å². The molecule has 0 radical (unpaired) electrons. The number of hydrogen-bond donors (Lipinski definition) is 0. The molecule has 54 heavy (non-hydrogen) atoms. The van der Waals surface area contributed by atoms with Crippen LogP contribution in [0, 0.1) is 0 Å². The molecule has 0 spiro atoms. The van der Waals surface area contributed by atoms with Gasteiger partial charge < -0.3 is 9.64 Å². The number of rotatable bonds is 13. The molecule has 2 heterocycles. The molecule has 0 aliphatic carbocycles. The van der Waals surface area contributed by atoms with Crippen molar-refractivity contribution in [3.63, 3.8) is 0 Å². The van der Waals surface area contributed by atoms with Crippen molar-refractivity contribution in [2.45, 2.75) is 31.8 Å². The number of anilines is 1. The van der Waals surface area contributed by atoms with Gasteiger partial charge in [-0.3, -0.25) is 0 Å². The van der Waals surface area contributed by atoms with Gasteiger partial charge in [0.05, 0.1) is 18.0 Å². The SMILES string of the molecule is CCCCN(Cc1ccc(-c2ccccc2-c2nnnn2C(c2ccccc2)(c2ccccc2)c2ccccc2)cc1)c1ncnc2cccc(OC)c12. The fraction of sp³-hybridized carbons (Fsp3) is 0.152. The van der Waals surface area contributed by atoms with Crippen LogP contribution in [0.25, 0.3) is 33.4 Å². The molecule has 0 N–H and O–H groups in total. The second kappa shape index (κ2) is 15.5. The minimum Gasteiger partial charge on any atom is -0.496 e. The highest BCUT2D eigenvalue weighted by Gasteiger charge is 2.42. The molecule has 0 saturated carbocycles. The van der Waals surface area contributed by atoms with E-state index >= 15 is 0 Å². The highest BCUT2D eigenvalue weighted by molar-refractivity contribution is 5.94. The lowest BCUT2D eigenvalue weighted by Crippen LogP contribution is -2.39. The number of nitrogens with zero attached hydrogens (tertiary/aromatic N) is 7. The fourth-order valence-corrected chi connectivity index (χ4v) is 7.51. The second-order valence-corrected chi connectivity index (χ2v) is 13.3. The molecule has 8 aromatic rings. The second-order valence-electron chi connectivity index (χ2n) is 13.3. The van der Waals surface area contributed by atoms with E-state index in [-0.39, 0.29) is 0 Å². The van der Waals surface area contributed by atoms with Gasteiger partial charge in [0.1, 0.15) is 23.4 Å². The summed E-state index contributed by atoms with van der Waals surface area (Å²) in [7, 11) is 1.70. The molecule has 6 aromatic carbocycles. The van der Waals surface area contributed by atoms with Crippen LogP contribution in [-0.2, 0) is 12.1 Å². The Hall–Kier alpha value is -6.67. The molecule has 8 nitrogen and oxygen atoms in total. The largest absolute Gasteiger partial charge is 0.496 e. The van der Waals surface area contributed by atoms with E-state index in [0.29, 0.717) is 12.4 Å². The first-order valence-electron chi connectivity index (χ1n) is 18.4. The van der Waals surface area contributed by atoms with E-state index in [0.717, 1.165) is 75.2 Å². The number of benzene rings is 6. The van der Waals surface area contributed by atoms with Crippen molar-refractivity contribution in [3.8, 4) is 28.3 Å². The topological polar surface area (TPSA) is 81.9 Å². The van der Waals surface area contributed by atoms with E-state index < -0.39 is 5.54 Å². The zero-order valence-electron chi connectivity index (χ0n) is 30.5. The van der Waals surface area contributed by atoms with Crippen molar-refractivity contribution >= 4 is 16.7 Å². The smallest absolute Gasteiger partial charge is 0.184 e. The maximum Gasteiger partial charge on any atom is 0.184 e. The van der Waals surface area contributed by atoms with Gasteiger partial charge in [-0.1, -0.05) is 159 Å². The average molecular weight is 708 g/mol. The van der Waals surface area contributed by atoms with Crippen molar-refractivity contribution in [2.24, 2.45) is 0 Å². The number of aromatic nitrogens is 6. The molecule has 2 aromatic heterocycles. The third kappa shape index (κ3) is 6.36. The van der Waals surface area contributed by atoms with Crippen molar-refractivity contribution in [3.05, 3.63) is 186 Å². The van der Waals surface area contributed by atoms with Crippen LogP contribution in [0.1, 0.15) is 42.0 Å². The van der Waals surface area contributed by atoms with Crippen LogP contribution in [0.4, 0.5) is 5.82 Å². The molecule has 0 aliphatic heterocycles. The third-order valence-corrected chi connectivity index (χ3v) is 10.1. The highest BCUT2D eigenvalue weighted by Crippen LogP contribution is 2.43. The van der Waals surface area contributed by atoms with Crippen LogP contribution in [0.3, 0.4) is 0 Å². The molecule has 8 rings (SSSR count). The van der Waals surface area contributed by atoms with Crippen molar-refractivity contribution < 1.29 is 4.74 Å². The van der Waals surface area contributed by atoms with Gasteiger partial charge in [-0.15, -0.1) is 5.10 Å². The maximum absolute atomic E-state index is 5.76. The predicted molar refractivity (Wildman–Crippen MR) is 215 cm³/mol. The molecule has 0 saturated heterocycles. The number of unbranched alkanes of at least 4 members (excludes halogenated alkanes) is 1. The van der Waals surface area contributed by atoms with Crippen molar-refractivity contribution in [2.75, 3.05) is 18.6 Å². The summed E-state index contributed by atoms with van der Waals surface area (Å²) in [5.74, 6) is 2.32. The molecule has 266 valence electrons. The fourth-order valence-electron chi connectivity index (χ4n) is 7.51. The quantitative estimate of drug-likeness (QED) is 0.110. The summed E-state index contributed by atoms with van der Waals surface area (Å²) in [5, 5.41) is 14.8. The summed E-state index contributed by atoms with van der Waals surface area (Å²) in [5.41, 5.74) is 7.40. The number of hydrogen-bond acceptors (Lipinski definition) is 7. The summed E-state index contributed by atoms with van der Waals surface area (Å²) in [6.07, 6.45) is 3.76. The Morgan fingerprint density at radius 2 is 1.26 bits per heavy atom. The molecule has 0 bridgehead atoms. The highest BCUT2D eigenvalue weighted by atomic mass is 16.5. The molecular weight excluding hydrogens is 667 g/mol. The van der Waals surface area contributed by atoms with Crippen molar-refractivity contribution in [1.29, 1.82) is 0 Å². The van der Waals surface area contributed by atoms with Gasteiger partial charge in [0.25, 0.3) is 0 Å². The molecule has 0 fully saturated rings. The number of tetrazole rings is 1. The predicted octanol–water partition coefficient (Wildman–Crippen LogP) is 9.61. The van der Waals surface area contributed by atoms with E-state index in [1.165, 1.54) is 5.56 Å². The molecule has 0 aliphatic rings. The Bertz CT molecular complexity index is 2350. The lowest BCUT2D eigenvalue weighted by Gasteiger charge is -2.36. The minimum atomic E-state index is -0.852. The first-order valence-corrected chi connectivity index (χ1v) is 18.4. The Labute approximate surface area is 315 Å². The molecule has 8 heteroatoms. The zero-order chi connectivity index (χ0) is 36.7. The Balaban J connectivity index is 1.21. The molecular formula is C46H41N7O. The van der Waals surface area contributed by atoms with Crippen LogP contribution in [0.2, 0.25) is 0 Å². The van der Waals surface area contributed by atoms with E-state index in [1.807, 2.05) is 47.1 Å². The lowest BCUT2D eigenvalue weighted by atomic mass is 9.77. The van der Waals surface area contributed by atoms with Gasteiger partial charge in [-0.05, 0) is 62.4 Å². The first-order chi connectivity index (χ1) is 26.7. The van der Waals surface area contributed by atoms with Crippen LogP contribution < -0.4 is 9.64 Å². The number of ether oxygens (including phenoxy) is 1. The Morgan fingerprint density at radius 1 is 0.648 bits per heavy atom. The van der Waals surface area contributed by atoms with Crippen LogP contribution in [-0.4, -0.2) is 43.8 Å². The summed E-state index contributed by atoms with van der Waals surface area (Å²) in [4.78, 5) is 11.6. The average Bonchev–Trinajstić information content (AvgIpc) is 3.74. The first kappa shape index (κ1) is 34.4. The van der Waals surface area contributed by atoms with Crippen molar-refractivity contribution in [1.82, 2.24) is 30.2 Å². The van der Waals surface area contributed by atoms with Gasteiger partial charge >= 0.3 is 0 Å². The van der Waals surface area contributed by atoms with E-state index in [1.54, 1.807) is 13.4 Å². The number of fused-ring (bicyclic) bond motifs is 1. The summed E-state index contributed by atoms with van der Waals surface area (Å²) in [6, 6.07) is 54.6. The third-order valence-electron chi connectivity index (χ3n) is 10.1. The molecule has 0 atom stereocenters. The summed E-state index contributed by atoms with van der Waals surface area (Å²) < 4.78 is 7.75. The maximum atomic E-state index is 5.76. The lowest BCUT2D eigenvalue weighted by molar-refractivity contribution is 0.419. The van der Waals surface area contributed by atoms with Gasteiger partial charge in [0, 0.05) is 18.7 Å². The zero-order valence-corrected chi connectivity index (χ0v) is 30.5. The molecule has 0 unspecified atom stereocenters. The van der Waals surface area contributed by atoms with Gasteiger partial charge in [0.2, 0.25) is 0 Å². The Morgan fingerprint density at radius 3 is 1.87 bits per heavy atom. The number of methoxy groups -OCH3 is 1. The minimum absolute atomic E-state index is 0.668. The van der Waals surface area contributed by atoms with Gasteiger partial charge in [-0.2, -0.15) is 0 Å². The summed E-state index contributed by atoms with van der Waals surface area (Å²) >= 11 is 0. The Kier molecular flexibility index (Phi) is 9.89. The normalized spacial score (nSPS) is 11.4. The molecule has 0 amide bonds. The van der Waals surface area contributed by atoms with E-state index in [4.69, 9.17) is 20.0 Å². The standard InChI is InChI=1S/C46H41N7O/c1-3-4-31-52(45-43-41(47-33-48-45)25-16-26-42(43)54-2)32-34-27-29-35(30-28-34)39-23-14-15-24-40(39)44-49-50-51-53(44)46(36-17-8-5-9-18-36,37-19-10-6-11-20-37)38-21-12-7-13-22-38/h5-30,33H,3-4,31-32H2,1-2H3. The van der Waals surface area contributed by atoms with E-state index in [2.05, 4.69) is 137 Å². The monoisotopic (exact) mass is 707 g/mol.